The van der Waals surface area contributed by atoms with Gasteiger partial charge in [-0.05, 0) is 38.0 Å². The van der Waals surface area contributed by atoms with Gasteiger partial charge in [0.2, 0.25) is 5.91 Å². The number of benzene rings is 1. The number of nitrogens with one attached hydrogen (secondary N) is 1. The molecule has 0 bridgehead atoms. The Morgan fingerprint density at radius 1 is 1.35 bits per heavy atom. The lowest BCUT2D eigenvalue weighted by Gasteiger charge is -2.11. The third-order valence-corrected chi connectivity index (χ3v) is 4.12. The summed E-state index contributed by atoms with van der Waals surface area (Å²) in [5, 5.41) is 5.87. The zero-order valence-corrected chi connectivity index (χ0v) is 14.5. The predicted octanol–water partition coefficient (Wildman–Crippen LogP) is 3.11. The van der Waals surface area contributed by atoms with E-state index in [2.05, 4.69) is 10.3 Å². The maximum absolute atomic E-state index is 11.9. The van der Waals surface area contributed by atoms with Crippen molar-refractivity contribution in [1.29, 1.82) is 0 Å². The fourth-order valence-corrected chi connectivity index (χ4v) is 2.78. The van der Waals surface area contributed by atoms with Gasteiger partial charge in [-0.15, -0.1) is 11.3 Å². The van der Waals surface area contributed by atoms with Gasteiger partial charge in [0.05, 0.1) is 31.0 Å². The highest BCUT2D eigenvalue weighted by Gasteiger charge is 2.08. The number of aromatic nitrogens is 1. The van der Waals surface area contributed by atoms with Crippen molar-refractivity contribution in [2.24, 2.45) is 0 Å². The van der Waals surface area contributed by atoms with E-state index in [1.807, 2.05) is 37.4 Å². The Hall–Kier alpha value is -2.08. The monoisotopic (exact) mass is 334 g/mol. The molecule has 0 spiro atoms. The fourth-order valence-electron chi connectivity index (χ4n) is 2.17. The SMILES string of the molecule is CCOc1ccc(CCC(=O)NCc2csc(C)n2)cc1OC. The molecule has 0 aliphatic rings. The predicted molar refractivity (Wildman–Crippen MR) is 91.2 cm³/mol. The van der Waals surface area contributed by atoms with Gasteiger partial charge in [0.25, 0.3) is 0 Å². The third-order valence-electron chi connectivity index (χ3n) is 3.30. The first-order chi connectivity index (χ1) is 11.1. The van der Waals surface area contributed by atoms with E-state index in [1.165, 1.54) is 0 Å². The van der Waals surface area contributed by atoms with Crippen LogP contribution in [0.5, 0.6) is 11.5 Å². The lowest BCUT2D eigenvalue weighted by Crippen LogP contribution is -2.23. The molecule has 0 saturated carbocycles. The van der Waals surface area contributed by atoms with Crippen molar-refractivity contribution in [2.75, 3.05) is 13.7 Å². The van der Waals surface area contributed by atoms with Crippen LogP contribution in [0.1, 0.15) is 29.6 Å². The Balaban J connectivity index is 1.83. The number of amides is 1. The van der Waals surface area contributed by atoms with Gasteiger partial charge in [-0.2, -0.15) is 0 Å². The number of hydrogen-bond donors (Lipinski definition) is 1. The van der Waals surface area contributed by atoms with E-state index in [9.17, 15) is 4.79 Å². The van der Waals surface area contributed by atoms with Crippen molar-refractivity contribution in [2.45, 2.75) is 33.2 Å². The molecule has 2 rings (SSSR count). The molecule has 2 aromatic rings. The van der Waals surface area contributed by atoms with Crippen molar-refractivity contribution in [3.05, 3.63) is 39.8 Å². The molecule has 1 N–H and O–H groups in total. The number of nitrogens with zero attached hydrogens (tertiary/aromatic N) is 1. The molecule has 0 aliphatic carbocycles. The van der Waals surface area contributed by atoms with Crippen LogP contribution in [-0.4, -0.2) is 24.6 Å². The summed E-state index contributed by atoms with van der Waals surface area (Å²) in [6, 6.07) is 5.76. The molecule has 5 nitrogen and oxygen atoms in total. The molecule has 1 aromatic carbocycles. The van der Waals surface area contributed by atoms with E-state index in [0.717, 1.165) is 22.0 Å². The first-order valence-corrected chi connectivity index (χ1v) is 8.47. The Morgan fingerprint density at radius 3 is 2.83 bits per heavy atom. The Morgan fingerprint density at radius 2 is 2.17 bits per heavy atom. The van der Waals surface area contributed by atoms with Crippen LogP contribution in [-0.2, 0) is 17.8 Å². The molecule has 0 saturated heterocycles. The van der Waals surface area contributed by atoms with Crippen LogP contribution >= 0.6 is 11.3 Å². The number of carbonyl (C=O) groups is 1. The summed E-state index contributed by atoms with van der Waals surface area (Å²) in [6.45, 7) is 4.96. The summed E-state index contributed by atoms with van der Waals surface area (Å²) < 4.78 is 10.8. The second kappa shape index (κ2) is 8.53. The highest BCUT2D eigenvalue weighted by Crippen LogP contribution is 2.28. The van der Waals surface area contributed by atoms with E-state index < -0.39 is 0 Å². The van der Waals surface area contributed by atoms with Gasteiger partial charge in [0.1, 0.15) is 0 Å². The average molecular weight is 334 g/mol. The van der Waals surface area contributed by atoms with Crippen LogP contribution in [0.4, 0.5) is 0 Å². The van der Waals surface area contributed by atoms with Gasteiger partial charge in [0.15, 0.2) is 11.5 Å². The van der Waals surface area contributed by atoms with Crippen LogP contribution < -0.4 is 14.8 Å². The number of carbonyl (C=O) groups excluding carboxylic acids is 1. The van der Waals surface area contributed by atoms with Gasteiger partial charge in [-0.1, -0.05) is 6.07 Å². The molecule has 0 fully saturated rings. The zero-order chi connectivity index (χ0) is 16.7. The van der Waals surface area contributed by atoms with E-state index in [4.69, 9.17) is 9.47 Å². The first kappa shape index (κ1) is 17.3. The lowest BCUT2D eigenvalue weighted by molar-refractivity contribution is -0.121. The summed E-state index contributed by atoms with van der Waals surface area (Å²) in [5.74, 6) is 1.44. The molecule has 0 aliphatic heterocycles. The van der Waals surface area contributed by atoms with Gasteiger partial charge in [-0.25, -0.2) is 4.98 Å². The van der Waals surface area contributed by atoms with Gasteiger partial charge in [-0.3, -0.25) is 4.79 Å². The minimum absolute atomic E-state index is 0.0171. The topological polar surface area (TPSA) is 60.5 Å². The second-order valence-electron chi connectivity index (χ2n) is 5.05. The van der Waals surface area contributed by atoms with Gasteiger partial charge < -0.3 is 14.8 Å². The molecule has 1 amide bonds. The molecule has 0 radical (unpaired) electrons. The van der Waals surface area contributed by atoms with E-state index >= 15 is 0 Å². The molecule has 23 heavy (non-hydrogen) atoms. The second-order valence-corrected chi connectivity index (χ2v) is 6.12. The molecular formula is C17H22N2O3S. The number of rotatable bonds is 8. The summed E-state index contributed by atoms with van der Waals surface area (Å²) in [7, 11) is 1.62. The molecule has 1 aromatic heterocycles. The normalized spacial score (nSPS) is 10.4. The lowest BCUT2D eigenvalue weighted by atomic mass is 10.1. The van der Waals surface area contributed by atoms with Crippen molar-refractivity contribution in [3.8, 4) is 11.5 Å². The maximum atomic E-state index is 11.9. The fraction of sp³-hybridized carbons (Fsp3) is 0.412. The Labute approximate surface area is 140 Å². The maximum Gasteiger partial charge on any atom is 0.220 e. The first-order valence-electron chi connectivity index (χ1n) is 7.59. The van der Waals surface area contributed by atoms with Crippen molar-refractivity contribution in [3.63, 3.8) is 0 Å². The standard InChI is InChI=1S/C17H22N2O3S/c1-4-22-15-7-5-13(9-16(15)21-3)6-8-17(20)18-10-14-11-23-12(2)19-14/h5,7,9,11H,4,6,8,10H2,1-3H3,(H,18,20). The molecule has 1 heterocycles. The Kier molecular flexibility index (Phi) is 6.40. The smallest absolute Gasteiger partial charge is 0.220 e. The van der Waals surface area contributed by atoms with Crippen molar-refractivity contribution < 1.29 is 14.3 Å². The number of aryl methyl sites for hydroxylation is 2. The number of ether oxygens (including phenoxy) is 2. The quantitative estimate of drug-likeness (QED) is 0.806. The van der Waals surface area contributed by atoms with Gasteiger partial charge >= 0.3 is 0 Å². The van der Waals surface area contributed by atoms with Crippen LogP contribution in [0, 0.1) is 6.92 Å². The van der Waals surface area contributed by atoms with Gasteiger partial charge in [0, 0.05) is 11.8 Å². The van der Waals surface area contributed by atoms with Crippen LogP contribution in [0.3, 0.4) is 0 Å². The van der Waals surface area contributed by atoms with Crippen molar-refractivity contribution >= 4 is 17.2 Å². The van der Waals surface area contributed by atoms with E-state index in [0.29, 0.717) is 31.7 Å². The molecule has 124 valence electrons. The third kappa shape index (κ3) is 5.25. The number of thiazole rings is 1. The van der Waals surface area contributed by atoms with Crippen molar-refractivity contribution in [1.82, 2.24) is 10.3 Å². The van der Waals surface area contributed by atoms with Crippen LogP contribution in [0.25, 0.3) is 0 Å². The summed E-state index contributed by atoms with van der Waals surface area (Å²) >= 11 is 1.59. The molecular weight excluding hydrogens is 312 g/mol. The van der Waals surface area contributed by atoms with Crippen LogP contribution in [0.2, 0.25) is 0 Å². The number of hydrogen-bond acceptors (Lipinski definition) is 5. The minimum Gasteiger partial charge on any atom is -0.493 e. The summed E-state index contributed by atoms with van der Waals surface area (Å²) in [6.07, 6.45) is 1.09. The summed E-state index contributed by atoms with van der Waals surface area (Å²) in [5.41, 5.74) is 1.95. The molecule has 6 heteroatoms. The minimum atomic E-state index is 0.0171. The number of methoxy groups -OCH3 is 1. The molecule has 0 unspecified atom stereocenters. The van der Waals surface area contributed by atoms with Crippen LogP contribution in [0.15, 0.2) is 23.6 Å². The zero-order valence-electron chi connectivity index (χ0n) is 13.7. The van der Waals surface area contributed by atoms with E-state index in [-0.39, 0.29) is 5.91 Å². The van der Waals surface area contributed by atoms with E-state index in [1.54, 1.807) is 18.4 Å². The average Bonchev–Trinajstić information content (AvgIpc) is 2.97. The largest absolute Gasteiger partial charge is 0.493 e. The molecule has 0 atom stereocenters. The highest BCUT2D eigenvalue weighted by molar-refractivity contribution is 7.09. The highest BCUT2D eigenvalue weighted by atomic mass is 32.1. The summed E-state index contributed by atoms with van der Waals surface area (Å²) in [4.78, 5) is 16.3. The Bertz CT molecular complexity index is 655.